The van der Waals surface area contributed by atoms with Crippen molar-refractivity contribution in [3.63, 3.8) is 0 Å². The van der Waals surface area contributed by atoms with Crippen molar-refractivity contribution in [1.29, 1.82) is 0 Å². The average molecular weight is 606 g/mol. The molecule has 0 radical (unpaired) electrons. The van der Waals surface area contributed by atoms with Crippen LogP contribution in [-0.4, -0.2) is 41.4 Å². The first kappa shape index (κ1) is 31.1. The van der Waals surface area contributed by atoms with E-state index in [0.29, 0.717) is 31.1 Å². The van der Waals surface area contributed by atoms with Crippen LogP contribution in [0.5, 0.6) is 0 Å². The Balaban J connectivity index is 1.39. The monoisotopic (exact) mass is 605 g/mol. The number of sulfonamides is 1. The lowest BCUT2D eigenvalue weighted by Gasteiger charge is -2.19. The molecule has 4 rings (SSSR count). The minimum Gasteiger partial charge on any atom is -0.349 e. The highest BCUT2D eigenvalue weighted by atomic mass is 32.2. The fourth-order valence-corrected chi connectivity index (χ4v) is 6.95. The van der Waals surface area contributed by atoms with Crippen LogP contribution in [0.4, 0.5) is 0 Å². The van der Waals surface area contributed by atoms with Gasteiger partial charge in [0.1, 0.15) is 0 Å². The molecule has 0 aliphatic heterocycles. The molecule has 4 N–H and O–H groups in total. The third-order valence-corrected chi connectivity index (χ3v) is 9.76. The third-order valence-electron chi connectivity index (χ3n) is 6.80. The maximum atomic E-state index is 13.0. The minimum absolute atomic E-state index is 0.148. The topological polar surface area (TPSA) is 135 Å². The summed E-state index contributed by atoms with van der Waals surface area (Å²) in [5.41, 5.74) is 7.07. The van der Waals surface area contributed by atoms with Crippen molar-refractivity contribution in [1.82, 2.24) is 10.0 Å². The smallest absolute Gasteiger partial charge is 0.241 e. The van der Waals surface area contributed by atoms with E-state index in [1.807, 2.05) is 48.5 Å². The highest BCUT2D eigenvalue weighted by molar-refractivity contribution is 7.94. The Morgan fingerprint density at radius 2 is 1.43 bits per heavy atom. The summed E-state index contributed by atoms with van der Waals surface area (Å²) in [6, 6.07) is 28.4. The van der Waals surface area contributed by atoms with E-state index in [9.17, 15) is 21.6 Å². The van der Waals surface area contributed by atoms with E-state index in [0.717, 1.165) is 16.4 Å². The van der Waals surface area contributed by atoms with E-state index in [1.54, 1.807) is 42.5 Å². The second kappa shape index (κ2) is 14.4. The Morgan fingerprint density at radius 3 is 2.17 bits per heavy atom. The molecule has 4 aromatic rings. The van der Waals surface area contributed by atoms with Crippen LogP contribution in [0.25, 0.3) is 10.8 Å². The fourth-order valence-electron chi connectivity index (χ4n) is 4.56. The molecular weight excluding hydrogens is 571 g/mol. The Labute approximate surface area is 247 Å². The summed E-state index contributed by atoms with van der Waals surface area (Å²) in [5, 5.41) is 5.44. The van der Waals surface area contributed by atoms with Crippen LogP contribution >= 0.6 is 0 Å². The van der Waals surface area contributed by atoms with Crippen LogP contribution in [0.1, 0.15) is 24.8 Å². The molecule has 2 atom stereocenters. The maximum Gasteiger partial charge on any atom is 0.241 e. The molecule has 0 saturated carbocycles. The molecule has 0 fully saturated rings. The van der Waals surface area contributed by atoms with Gasteiger partial charge in [-0.15, -0.1) is 0 Å². The summed E-state index contributed by atoms with van der Waals surface area (Å²) in [5.74, 6) is -0.401. The quantitative estimate of drug-likeness (QED) is 0.183. The molecule has 0 aliphatic rings. The number of amides is 1. The molecule has 4 aromatic carbocycles. The molecule has 0 aliphatic carbocycles. The van der Waals surface area contributed by atoms with Crippen molar-refractivity contribution in [3.8, 4) is 0 Å². The second-order valence-electron chi connectivity index (χ2n) is 9.97. The van der Waals surface area contributed by atoms with Gasteiger partial charge in [0.05, 0.1) is 15.8 Å². The van der Waals surface area contributed by atoms with E-state index >= 15 is 0 Å². The molecule has 0 aromatic heterocycles. The van der Waals surface area contributed by atoms with Crippen molar-refractivity contribution < 1.29 is 21.6 Å². The summed E-state index contributed by atoms with van der Waals surface area (Å²) < 4.78 is 54.3. The lowest BCUT2D eigenvalue weighted by Crippen LogP contribution is -2.46. The number of fused-ring (bicyclic) bond motifs is 1. The predicted octanol–water partition coefficient (Wildman–Crippen LogP) is 4.33. The number of sulfone groups is 1. The number of rotatable bonds is 14. The Hall–Kier alpha value is -3.83. The first-order chi connectivity index (χ1) is 20.2. The van der Waals surface area contributed by atoms with Gasteiger partial charge >= 0.3 is 0 Å². The first-order valence-corrected chi connectivity index (χ1v) is 16.7. The van der Waals surface area contributed by atoms with Crippen LogP contribution in [0.2, 0.25) is 0 Å². The summed E-state index contributed by atoms with van der Waals surface area (Å²) in [6.07, 6.45) is 3.18. The van der Waals surface area contributed by atoms with Gasteiger partial charge in [-0.05, 0) is 54.8 Å². The van der Waals surface area contributed by atoms with Gasteiger partial charge in [0.2, 0.25) is 15.9 Å². The van der Waals surface area contributed by atoms with E-state index in [2.05, 4.69) is 10.0 Å². The van der Waals surface area contributed by atoms with Gasteiger partial charge in [0.15, 0.2) is 9.84 Å². The first-order valence-electron chi connectivity index (χ1n) is 13.7. The zero-order valence-electron chi connectivity index (χ0n) is 23.1. The van der Waals surface area contributed by atoms with Crippen molar-refractivity contribution in [3.05, 3.63) is 120 Å². The lowest BCUT2D eigenvalue weighted by molar-refractivity contribution is -0.122. The van der Waals surface area contributed by atoms with E-state index < -0.39 is 37.9 Å². The van der Waals surface area contributed by atoms with Gasteiger partial charge < -0.3 is 11.1 Å². The Morgan fingerprint density at radius 1 is 0.786 bits per heavy atom. The molecule has 0 spiro atoms. The molecule has 0 saturated heterocycles. The normalized spacial score (nSPS) is 13.6. The lowest BCUT2D eigenvalue weighted by atomic mass is 10.0. The van der Waals surface area contributed by atoms with E-state index in [-0.39, 0.29) is 16.3 Å². The number of unbranched alkanes of at least 4 members (excludes halogenated alkanes) is 1. The third kappa shape index (κ3) is 8.59. The predicted molar refractivity (Wildman–Crippen MR) is 166 cm³/mol. The Kier molecular flexibility index (Phi) is 10.6. The molecular formula is C32H35N3O5S2. The van der Waals surface area contributed by atoms with Crippen LogP contribution in [-0.2, 0) is 31.1 Å². The number of hydrogen-bond acceptors (Lipinski definition) is 6. The molecule has 0 heterocycles. The Bertz CT molecular complexity index is 1720. The fraction of sp³-hybridized carbons (Fsp3) is 0.219. The van der Waals surface area contributed by atoms with Crippen LogP contribution in [0.15, 0.2) is 124 Å². The number of carbonyl (C=O) groups excluding carboxylic acids is 1. The van der Waals surface area contributed by atoms with E-state index in [1.165, 1.54) is 18.2 Å². The minimum atomic E-state index is -3.74. The molecule has 0 unspecified atom stereocenters. The molecule has 220 valence electrons. The number of benzene rings is 4. The van der Waals surface area contributed by atoms with Crippen molar-refractivity contribution in [2.75, 3.05) is 6.54 Å². The number of nitrogens with two attached hydrogens (primary N) is 1. The maximum absolute atomic E-state index is 13.0. The standard InChI is InChI=1S/C32H35N3O5S2/c33-30(24-25-12-3-1-4-13-25)32(36)35-27(21-23-41(37,38)28-17-5-2-6-18-28)16-9-10-22-34-42(39,40)31-20-11-15-26-14-7-8-19-29(26)31/h1-8,11-15,17-21,23,27,30,34H,9-10,16,22,24,33H2,(H,35,36)/b23-21+/t27-,30-/m0/s1. The SMILES string of the molecule is N[C@@H](Cc1ccccc1)C(=O)N[C@H](/C=C/S(=O)(=O)c1ccccc1)CCCCNS(=O)(=O)c1cccc2ccccc12. The van der Waals surface area contributed by atoms with Crippen LogP contribution in [0, 0.1) is 0 Å². The van der Waals surface area contributed by atoms with Crippen molar-refractivity contribution in [2.45, 2.75) is 47.6 Å². The summed E-state index contributed by atoms with van der Waals surface area (Å²) in [4.78, 5) is 13.3. The van der Waals surface area contributed by atoms with Crippen LogP contribution in [0.3, 0.4) is 0 Å². The molecule has 8 nitrogen and oxygen atoms in total. The van der Waals surface area contributed by atoms with Gasteiger partial charge in [-0.1, -0.05) is 91.0 Å². The van der Waals surface area contributed by atoms with Gasteiger partial charge in [0.25, 0.3) is 0 Å². The highest BCUT2D eigenvalue weighted by Gasteiger charge is 2.20. The summed E-state index contributed by atoms with van der Waals surface area (Å²) >= 11 is 0. The average Bonchev–Trinajstić information content (AvgIpc) is 3.00. The van der Waals surface area contributed by atoms with Gasteiger partial charge in [0, 0.05) is 23.4 Å². The van der Waals surface area contributed by atoms with Gasteiger partial charge in [-0.3, -0.25) is 4.79 Å². The number of nitrogens with one attached hydrogen (secondary N) is 2. The molecule has 10 heteroatoms. The van der Waals surface area contributed by atoms with Crippen LogP contribution < -0.4 is 15.8 Å². The molecule has 0 bridgehead atoms. The number of hydrogen-bond donors (Lipinski definition) is 3. The zero-order valence-corrected chi connectivity index (χ0v) is 24.7. The summed E-state index contributed by atoms with van der Waals surface area (Å²) in [7, 11) is -7.46. The second-order valence-corrected chi connectivity index (χ2v) is 13.5. The summed E-state index contributed by atoms with van der Waals surface area (Å²) in [6.45, 7) is 0.186. The van der Waals surface area contributed by atoms with Crippen molar-refractivity contribution >= 4 is 36.5 Å². The molecule has 1 amide bonds. The van der Waals surface area contributed by atoms with E-state index in [4.69, 9.17) is 5.73 Å². The zero-order chi connectivity index (χ0) is 30.0. The molecule has 42 heavy (non-hydrogen) atoms. The highest BCUT2D eigenvalue weighted by Crippen LogP contribution is 2.22. The van der Waals surface area contributed by atoms with Gasteiger partial charge in [-0.25, -0.2) is 21.6 Å². The van der Waals surface area contributed by atoms with Gasteiger partial charge in [-0.2, -0.15) is 0 Å². The van der Waals surface area contributed by atoms with Crippen molar-refractivity contribution in [2.24, 2.45) is 5.73 Å². The number of carbonyl (C=O) groups is 1. The largest absolute Gasteiger partial charge is 0.349 e.